The molecular weight excluding hydrogens is 231 g/mol. The number of rotatable bonds is 5. The van der Waals surface area contributed by atoms with Crippen LogP contribution < -0.4 is 11.5 Å². The lowest BCUT2D eigenvalue weighted by molar-refractivity contribution is 0.1000. The zero-order chi connectivity index (χ0) is 12.1. The summed E-state index contributed by atoms with van der Waals surface area (Å²) in [5.41, 5.74) is 10.6. The van der Waals surface area contributed by atoms with Crippen LogP contribution in [0, 0.1) is 5.82 Å². The summed E-state index contributed by atoms with van der Waals surface area (Å²) in [6, 6.07) is 3.89. The molecule has 1 atom stereocenters. The Balaban J connectivity index is 2.83. The van der Waals surface area contributed by atoms with Gasteiger partial charge in [0.1, 0.15) is 5.82 Å². The van der Waals surface area contributed by atoms with Gasteiger partial charge in [0.25, 0.3) is 0 Å². The van der Waals surface area contributed by atoms with Gasteiger partial charge in [-0.25, -0.2) is 4.39 Å². The van der Waals surface area contributed by atoms with Crippen molar-refractivity contribution >= 4 is 16.7 Å². The quantitative estimate of drug-likeness (QED) is 0.772. The van der Waals surface area contributed by atoms with Gasteiger partial charge in [0.2, 0.25) is 5.91 Å². The molecule has 1 aromatic rings. The molecule has 1 rings (SSSR count). The first kappa shape index (κ1) is 12.8. The SMILES string of the molecule is NCCS(=O)Cc1ccc(C(N)=O)cc1F. The summed E-state index contributed by atoms with van der Waals surface area (Å²) in [6.45, 7) is 0.299. The molecule has 16 heavy (non-hydrogen) atoms. The van der Waals surface area contributed by atoms with Crippen molar-refractivity contribution in [3.05, 3.63) is 35.1 Å². The molecular formula is C10H13FN2O2S. The third-order valence-corrected chi connectivity index (χ3v) is 3.32. The van der Waals surface area contributed by atoms with E-state index in [1.807, 2.05) is 0 Å². The van der Waals surface area contributed by atoms with Crippen LogP contribution in [0.5, 0.6) is 0 Å². The largest absolute Gasteiger partial charge is 0.366 e. The van der Waals surface area contributed by atoms with Crippen molar-refractivity contribution in [2.75, 3.05) is 12.3 Å². The molecule has 0 saturated heterocycles. The van der Waals surface area contributed by atoms with Gasteiger partial charge in [0.15, 0.2) is 0 Å². The van der Waals surface area contributed by atoms with Crippen molar-refractivity contribution in [1.29, 1.82) is 0 Å². The van der Waals surface area contributed by atoms with Crippen LogP contribution in [-0.2, 0) is 16.6 Å². The van der Waals surface area contributed by atoms with Gasteiger partial charge in [-0.3, -0.25) is 9.00 Å². The molecule has 1 unspecified atom stereocenters. The number of amides is 1. The smallest absolute Gasteiger partial charge is 0.248 e. The zero-order valence-electron chi connectivity index (χ0n) is 8.61. The second kappa shape index (κ2) is 5.72. The fraction of sp³-hybridized carbons (Fsp3) is 0.300. The molecule has 0 aliphatic rings. The van der Waals surface area contributed by atoms with Gasteiger partial charge < -0.3 is 11.5 Å². The van der Waals surface area contributed by atoms with E-state index in [1.54, 1.807) is 0 Å². The number of nitrogens with two attached hydrogens (primary N) is 2. The number of primary amides is 1. The maximum absolute atomic E-state index is 13.4. The minimum absolute atomic E-state index is 0.0993. The Morgan fingerprint density at radius 1 is 1.44 bits per heavy atom. The number of hydrogen-bond donors (Lipinski definition) is 2. The van der Waals surface area contributed by atoms with E-state index in [9.17, 15) is 13.4 Å². The molecule has 1 amide bonds. The summed E-state index contributed by atoms with van der Waals surface area (Å²) in [4.78, 5) is 10.8. The molecule has 0 aliphatic carbocycles. The molecule has 0 heterocycles. The van der Waals surface area contributed by atoms with Crippen LogP contribution in [0.25, 0.3) is 0 Å². The Labute approximate surface area is 95.3 Å². The summed E-state index contributed by atoms with van der Waals surface area (Å²) >= 11 is 0. The van der Waals surface area contributed by atoms with Crippen LogP contribution in [0.3, 0.4) is 0 Å². The summed E-state index contributed by atoms with van der Waals surface area (Å²) in [6.07, 6.45) is 0. The summed E-state index contributed by atoms with van der Waals surface area (Å²) < 4.78 is 24.8. The molecule has 0 radical (unpaired) electrons. The van der Waals surface area contributed by atoms with Crippen molar-refractivity contribution in [3.63, 3.8) is 0 Å². The lowest BCUT2D eigenvalue weighted by Gasteiger charge is -2.04. The highest BCUT2D eigenvalue weighted by molar-refractivity contribution is 7.84. The molecule has 6 heteroatoms. The van der Waals surface area contributed by atoms with Crippen molar-refractivity contribution in [1.82, 2.24) is 0 Å². The van der Waals surface area contributed by atoms with Gasteiger partial charge in [-0.15, -0.1) is 0 Å². The Kier molecular flexibility index (Phi) is 4.57. The Morgan fingerprint density at radius 3 is 2.62 bits per heavy atom. The zero-order valence-corrected chi connectivity index (χ0v) is 9.43. The van der Waals surface area contributed by atoms with E-state index in [2.05, 4.69) is 0 Å². The van der Waals surface area contributed by atoms with Crippen molar-refractivity contribution in [3.8, 4) is 0 Å². The van der Waals surface area contributed by atoms with Crippen LogP contribution in [0.15, 0.2) is 18.2 Å². The third-order valence-electron chi connectivity index (χ3n) is 2.00. The van der Waals surface area contributed by atoms with E-state index >= 15 is 0 Å². The molecule has 88 valence electrons. The number of carbonyl (C=O) groups is 1. The van der Waals surface area contributed by atoms with Gasteiger partial charge in [-0.2, -0.15) is 0 Å². The molecule has 0 saturated carbocycles. The standard InChI is InChI=1S/C10H13FN2O2S/c11-9-5-7(10(13)14)1-2-8(9)6-16(15)4-3-12/h1-2,5H,3-4,6,12H2,(H2,13,14). The van der Waals surface area contributed by atoms with Crippen molar-refractivity contribution in [2.45, 2.75) is 5.75 Å². The molecule has 0 aliphatic heterocycles. The van der Waals surface area contributed by atoms with E-state index in [-0.39, 0.29) is 11.3 Å². The lowest BCUT2D eigenvalue weighted by Crippen LogP contribution is -2.13. The first-order valence-corrected chi connectivity index (χ1v) is 6.16. The monoisotopic (exact) mass is 244 g/mol. The minimum Gasteiger partial charge on any atom is -0.366 e. The highest BCUT2D eigenvalue weighted by Gasteiger charge is 2.09. The average Bonchev–Trinajstić information content (AvgIpc) is 2.21. The summed E-state index contributed by atoms with van der Waals surface area (Å²) in [5.74, 6) is -0.825. The van der Waals surface area contributed by atoms with Gasteiger partial charge in [-0.05, 0) is 12.1 Å². The highest BCUT2D eigenvalue weighted by Crippen LogP contribution is 2.12. The van der Waals surface area contributed by atoms with Crippen LogP contribution >= 0.6 is 0 Å². The number of hydrogen-bond acceptors (Lipinski definition) is 3. The summed E-state index contributed by atoms with van der Waals surface area (Å²) in [7, 11) is -1.18. The minimum atomic E-state index is -1.18. The van der Waals surface area contributed by atoms with Crippen LogP contribution in [0.4, 0.5) is 4.39 Å². The predicted molar refractivity (Wildman–Crippen MR) is 60.7 cm³/mol. The topological polar surface area (TPSA) is 86.2 Å². The Morgan fingerprint density at radius 2 is 2.12 bits per heavy atom. The van der Waals surface area contributed by atoms with Crippen molar-refractivity contribution in [2.24, 2.45) is 11.5 Å². The molecule has 0 spiro atoms. The fourth-order valence-electron chi connectivity index (χ4n) is 1.19. The average molecular weight is 244 g/mol. The first-order valence-electron chi connectivity index (χ1n) is 4.68. The van der Waals surface area contributed by atoms with Gasteiger partial charge in [-0.1, -0.05) is 6.07 Å². The van der Waals surface area contributed by atoms with Gasteiger partial charge in [0.05, 0.1) is 5.75 Å². The van der Waals surface area contributed by atoms with E-state index in [1.165, 1.54) is 12.1 Å². The van der Waals surface area contributed by atoms with E-state index < -0.39 is 22.5 Å². The maximum Gasteiger partial charge on any atom is 0.248 e. The first-order chi connectivity index (χ1) is 7.54. The van der Waals surface area contributed by atoms with E-state index in [4.69, 9.17) is 11.5 Å². The molecule has 0 aromatic heterocycles. The molecule has 0 fully saturated rings. The summed E-state index contributed by atoms with van der Waals surface area (Å²) in [5, 5.41) is 0. The van der Waals surface area contributed by atoms with Crippen molar-refractivity contribution < 1.29 is 13.4 Å². The molecule has 4 N–H and O–H groups in total. The molecule has 4 nitrogen and oxygen atoms in total. The fourth-order valence-corrected chi connectivity index (χ4v) is 2.18. The number of carbonyl (C=O) groups excluding carboxylic acids is 1. The molecule has 0 bridgehead atoms. The molecule has 1 aromatic carbocycles. The number of benzene rings is 1. The second-order valence-electron chi connectivity index (χ2n) is 3.25. The normalized spacial score (nSPS) is 12.4. The third kappa shape index (κ3) is 3.39. The highest BCUT2D eigenvalue weighted by atomic mass is 32.2. The van der Waals surface area contributed by atoms with Crippen LogP contribution in [0.2, 0.25) is 0 Å². The van der Waals surface area contributed by atoms with Crippen LogP contribution in [-0.4, -0.2) is 22.4 Å². The maximum atomic E-state index is 13.4. The second-order valence-corrected chi connectivity index (χ2v) is 4.82. The van der Waals surface area contributed by atoms with Gasteiger partial charge >= 0.3 is 0 Å². The predicted octanol–water partition coefficient (Wildman–Crippen LogP) is 0.132. The van der Waals surface area contributed by atoms with E-state index in [0.717, 1.165) is 6.07 Å². The lowest BCUT2D eigenvalue weighted by atomic mass is 10.1. The Bertz CT molecular complexity index is 423. The van der Waals surface area contributed by atoms with E-state index in [0.29, 0.717) is 17.9 Å². The van der Waals surface area contributed by atoms with Crippen LogP contribution in [0.1, 0.15) is 15.9 Å². The Hall–Kier alpha value is -1.27. The van der Waals surface area contributed by atoms with Gasteiger partial charge in [0, 0.05) is 34.2 Å². The number of halogens is 1.